The van der Waals surface area contributed by atoms with Gasteiger partial charge in [-0.2, -0.15) is 0 Å². The van der Waals surface area contributed by atoms with Crippen LogP contribution in [0.4, 0.5) is 5.13 Å². The molecule has 4 heterocycles. The summed E-state index contributed by atoms with van der Waals surface area (Å²) in [4.78, 5) is 28.5. The number of H-pyrrole nitrogens is 1. The topological polar surface area (TPSA) is 91.1 Å². The van der Waals surface area contributed by atoms with Gasteiger partial charge < -0.3 is 15.6 Å². The van der Waals surface area contributed by atoms with E-state index >= 15 is 0 Å². The lowest BCUT2D eigenvalue weighted by Gasteiger charge is -2.23. The molecule has 7 nitrogen and oxygen atoms in total. The molecule has 2 fully saturated rings. The van der Waals surface area contributed by atoms with Gasteiger partial charge in [-0.05, 0) is 25.3 Å². The van der Waals surface area contributed by atoms with Crippen LogP contribution in [0.3, 0.4) is 0 Å². The average Bonchev–Trinajstić information content (AvgIpc) is 3.38. The van der Waals surface area contributed by atoms with Crippen LogP contribution in [0.15, 0.2) is 11.6 Å². The number of carbonyl (C=O) groups excluding carboxylic acids is 1. The Morgan fingerprint density at radius 2 is 2.35 bits per heavy atom. The van der Waals surface area contributed by atoms with Crippen LogP contribution in [0, 0.1) is 5.92 Å². The van der Waals surface area contributed by atoms with E-state index in [-0.39, 0.29) is 0 Å². The maximum atomic E-state index is 11.3. The summed E-state index contributed by atoms with van der Waals surface area (Å²) >= 11 is 1.51. The molecule has 2 aliphatic rings. The maximum Gasteiger partial charge on any atom is 0.268 e. The van der Waals surface area contributed by atoms with E-state index < -0.39 is 5.91 Å². The van der Waals surface area contributed by atoms with Gasteiger partial charge in [-0.3, -0.25) is 9.69 Å². The number of anilines is 1. The minimum atomic E-state index is -0.452. The van der Waals surface area contributed by atoms with Gasteiger partial charge in [0.2, 0.25) is 0 Å². The van der Waals surface area contributed by atoms with E-state index in [9.17, 15) is 4.79 Å². The van der Waals surface area contributed by atoms with Crippen molar-refractivity contribution in [2.75, 3.05) is 24.5 Å². The molecular formula is C18H26N6OS. The Labute approximate surface area is 157 Å². The van der Waals surface area contributed by atoms with Crippen molar-refractivity contribution in [1.29, 1.82) is 0 Å². The van der Waals surface area contributed by atoms with Crippen LogP contribution >= 0.6 is 11.3 Å². The number of nitrogens with zero attached hydrogens (tertiary/aromatic N) is 4. The first-order chi connectivity index (χ1) is 12.6. The first-order valence-corrected chi connectivity index (χ1v) is 10.3. The summed E-state index contributed by atoms with van der Waals surface area (Å²) in [6.07, 6.45) is 6.60. The van der Waals surface area contributed by atoms with Gasteiger partial charge in [-0.25, -0.2) is 9.97 Å². The number of nitrogens with one attached hydrogen (secondary N) is 1. The molecule has 26 heavy (non-hydrogen) atoms. The molecule has 0 aromatic carbocycles. The zero-order valence-corrected chi connectivity index (χ0v) is 16.0. The van der Waals surface area contributed by atoms with Gasteiger partial charge in [0.25, 0.3) is 5.91 Å². The number of amides is 1. The number of aromatic amines is 1. The number of imidazole rings is 1. The third kappa shape index (κ3) is 3.48. The van der Waals surface area contributed by atoms with E-state index in [4.69, 9.17) is 5.73 Å². The molecule has 3 N–H and O–H groups in total. The number of hydrogen-bond donors (Lipinski definition) is 2. The fraction of sp³-hybridized carbons (Fsp3) is 0.611. The first-order valence-electron chi connectivity index (χ1n) is 9.41. The van der Waals surface area contributed by atoms with Gasteiger partial charge in [0.1, 0.15) is 11.5 Å². The number of hydrogen-bond acceptors (Lipinski definition) is 6. The summed E-state index contributed by atoms with van der Waals surface area (Å²) in [5.41, 5.74) is 6.91. The standard InChI is InChI=1S/C18H26N6OS/c1-2-3-4-16-20-7-13(21-16)9-23-6-5-12-8-24(10-15(12)23)18-22-14(11-26-18)17(19)25/h7,11-12,15H,2-6,8-10H2,1H3,(H2,19,25)(H,20,21)/t12-,15+/m0/s1. The third-order valence-corrected chi connectivity index (χ3v) is 6.40. The van der Waals surface area contributed by atoms with Crippen molar-refractivity contribution in [3.05, 3.63) is 28.8 Å². The fourth-order valence-corrected chi connectivity index (χ4v) is 4.94. The summed E-state index contributed by atoms with van der Waals surface area (Å²) in [7, 11) is 0. The second-order valence-corrected chi connectivity index (χ2v) is 8.17. The highest BCUT2D eigenvalue weighted by Gasteiger charge is 2.42. The first kappa shape index (κ1) is 17.5. The molecule has 2 aromatic rings. The monoisotopic (exact) mass is 374 g/mol. The highest BCUT2D eigenvalue weighted by Crippen LogP contribution is 2.35. The fourth-order valence-electron chi connectivity index (χ4n) is 4.10. The summed E-state index contributed by atoms with van der Waals surface area (Å²) < 4.78 is 0. The number of primary amides is 1. The molecule has 4 rings (SSSR count). The summed E-state index contributed by atoms with van der Waals surface area (Å²) in [6.45, 7) is 6.25. The molecule has 0 spiro atoms. The SMILES string of the molecule is CCCCc1ncc(CN2CC[C@H]3CN(c4nc(C(N)=O)cs4)C[C@H]32)[nH]1. The Bertz CT molecular complexity index is 771. The zero-order chi connectivity index (χ0) is 18.1. The number of thiazole rings is 1. The van der Waals surface area contributed by atoms with Crippen LogP contribution in [0.2, 0.25) is 0 Å². The highest BCUT2D eigenvalue weighted by atomic mass is 32.1. The molecular weight excluding hydrogens is 348 g/mol. The van der Waals surface area contributed by atoms with Crippen molar-refractivity contribution in [3.8, 4) is 0 Å². The second kappa shape index (κ2) is 7.36. The van der Waals surface area contributed by atoms with E-state index in [0.717, 1.165) is 43.6 Å². The molecule has 2 aromatic heterocycles. The summed E-state index contributed by atoms with van der Waals surface area (Å²) in [5, 5.41) is 2.67. The number of likely N-dealkylation sites (tertiary alicyclic amines) is 1. The molecule has 0 bridgehead atoms. The van der Waals surface area contributed by atoms with Gasteiger partial charge >= 0.3 is 0 Å². The molecule has 2 saturated heterocycles. The Hall–Kier alpha value is -1.93. The van der Waals surface area contributed by atoms with Gasteiger partial charge in [-0.1, -0.05) is 13.3 Å². The zero-order valence-electron chi connectivity index (χ0n) is 15.1. The largest absolute Gasteiger partial charge is 0.364 e. The van der Waals surface area contributed by atoms with Gasteiger partial charge in [0, 0.05) is 49.4 Å². The number of aryl methyl sites for hydroxylation is 1. The van der Waals surface area contributed by atoms with Crippen molar-refractivity contribution >= 4 is 22.4 Å². The second-order valence-electron chi connectivity index (χ2n) is 7.33. The van der Waals surface area contributed by atoms with Crippen molar-refractivity contribution in [1.82, 2.24) is 19.9 Å². The van der Waals surface area contributed by atoms with Crippen LogP contribution in [0.25, 0.3) is 0 Å². The smallest absolute Gasteiger partial charge is 0.268 e. The highest BCUT2D eigenvalue weighted by molar-refractivity contribution is 7.13. The van der Waals surface area contributed by atoms with E-state index in [1.165, 1.54) is 36.3 Å². The molecule has 0 radical (unpaired) electrons. The third-order valence-electron chi connectivity index (χ3n) is 5.50. The van der Waals surface area contributed by atoms with Crippen LogP contribution in [-0.2, 0) is 13.0 Å². The number of fused-ring (bicyclic) bond motifs is 1. The Morgan fingerprint density at radius 3 is 3.12 bits per heavy atom. The molecule has 8 heteroatoms. The Balaban J connectivity index is 1.38. The number of nitrogens with two attached hydrogens (primary N) is 1. The van der Waals surface area contributed by atoms with Crippen molar-refractivity contribution in [2.24, 2.45) is 11.7 Å². The minimum Gasteiger partial charge on any atom is -0.364 e. The number of unbranched alkanes of at least 4 members (excludes halogenated alkanes) is 1. The van der Waals surface area contributed by atoms with E-state index in [1.54, 1.807) is 5.38 Å². The van der Waals surface area contributed by atoms with Crippen LogP contribution in [0.1, 0.15) is 48.2 Å². The van der Waals surface area contributed by atoms with Crippen molar-refractivity contribution in [3.63, 3.8) is 0 Å². The lowest BCUT2D eigenvalue weighted by Crippen LogP contribution is -2.34. The van der Waals surface area contributed by atoms with E-state index in [2.05, 4.69) is 31.7 Å². The van der Waals surface area contributed by atoms with Crippen LogP contribution < -0.4 is 10.6 Å². The Kier molecular flexibility index (Phi) is 4.95. The van der Waals surface area contributed by atoms with Crippen molar-refractivity contribution in [2.45, 2.75) is 45.2 Å². The quantitative estimate of drug-likeness (QED) is 0.774. The predicted octanol–water partition coefficient (Wildman–Crippen LogP) is 2.02. The van der Waals surface area contributed by atoms with Gasteiger partial charge in [0.15, 0.2) is 5.13 Å². The maximum absolute atomic E-state index is 11.3. The van der Waals surface area contributed by atoms with Crippen molar-refractivity contribution < 1.29 is 4.79 Å². The molecule has 0 saturated carbocycles. The Morgan fingerprint density at radius 1 is 1.46 bits per heavy atom. The lowest BCUT2D eigenvalue weighted by molar-refractivity contribution is 0.0996. The number of rotatable bonds is 7. The molecule has 0 aliphatic carbocycles. The van der Waals surface area contributed by atoms with Gasteiger partial charge in [0.05, 0.1) is 0 Å². The summed E-state index contributed by atoms with van der Waals surface area (Å²) in [6, 6.07) is 0.540. The summed E-state index contributed by atoms with van der Waals surface area (Å²) in [5.74, 6) is 1.32. The number of aromatic nitrogens is 3. The number of carbonyl (C=O) groups is 1. The van der Waals surface area contributed by atoms with Crippen LogP contribution in [0.5, 0.6) is 0 Å². The predicted molar refractivity (Wildman–Crippen MR) is 102 cm³/mol. The van der Waals surface area contributed by atoms with Gasteiger partial charge in [-0.15, -0.1) is 11.3 Å². The van der Waals surface area contributed by atoms with E-state index in [1.807, 2.05) is 6.20 Å². The average molecular weight is 375 g/mol. The van der Waals surface area contributed by atoms with E-state index in [0.29, 0.717) is 17.7 Å². The lowest BCUT2D eigenvalue weighted by atomic mass is 10.1. The molecule has 2 atom stereocenters. The minimum absolute atomic E-state index is 0.371. The molecule has 0 unspecified atom stereocenters. The molecule has 1 amide bonds. The molecule has 140 valence electrons. The van der Waals surface area contributed by atoms with Crippen LogP contribution in [-0.4, -0.2) is 51.4 Å². The normalized spacial score (nSPS) is 22.9. The molecule has 2 aliphatic heterocycles.